The van der Waals surface area contributed by atoms with Crippen molar-refractivity contribution in [1.29, 1.82) is 0 Å². The predicted octanol–water partition coefficient (Wildman–Crippen LogP) is 3.59. The molecule has 0 radical (unpaired) electrons. The van der Waals surface area contributed by atoms with E-state index in [1.807, 2.05) is 15.9 Å². The number of alkyl halides is 3. The maximum atomic E-state index is 13.1. The van der Waals surface area contributed by atoms with Crippen LogP contribution in [0.25, 0.3) is 0 Å². The number of urea groups is 1. The molecule has 4 aliphatic rings. The molecule has 4 heterocycles. The van der Waals surface area contributed by atoms with E-state index in [2.05, 4.69) is 21.2 Å². The molecule has 3 amide bonds. The molecule has 1 aromatic rings. The molecule has 4 aliphatic heterocycles. The van der Waals surface area contributed by atoms with E-state index < -0.39 is 12.5 Å². The van der Waals surface area contributed by atoms with Gasteiger partial charge in [0.05, 0.1) is 12.6 Å². The molecule has 0 aromatic heterocycles. The Morgan fingerprint density at radius 1 is 1.03 bits per heavy atom. The van der Waals surface area contributed by atoms with Crippen LogP contribution in [0.15, 0.2) is 36.5 Å². The summed E-state index contributed by atoms with van der Waals surface area (Å²) in [5, 5.41) is 2.80. The summed E-state index contributed by atoms with van der Waals surface area (Å²) in [4.78, 5) is 30.7. The van der Waals surface area contributed by atoms with E-state index in [0.717, 1.165) is 51.0 Å². The molecule has 4 saturated heterocycles. The largest absolute Gasteiger partial charge is 0.573 e. The van der Waals surface area contributed by atoms with Crippen molar-refractivity contribution in [1.82, 2.24) is 20.0 Å². The highest BCUT2D eigenvalue weighted by Crippen LogP contribution is 2.33. The van der Waals surface area contributed by atoms with Gasteiger partial charge in [0.25, 0.3) is 0 Å². The number of piperidine rings is 1. The predicted molar refractivity (Wildman–Crippen MR) is 124 cm³/mol. The fraction of sp³-hybridized carbons (Fsp3) is 0.600. The number of carbonyl (C=O) groups excluding carboxylic acids is 2. The molecule has 4 atom stereocenters. The van der Waals surface area contributed by atoms with Crippen LogP contribution < -0.4 is 10.1 Å². The lowest BCUT2D eigenvalue weighted by atomic mass is 9.92. The van der Waals surface area contributed by atoms with Gasteiger partial charge < -0.3 is 29.5 Å². The number of alkyl carbamates (subject to hydrolysis) is 1. The number of amides is 3. The molecule has 11 heteroatoms. The number of nitrogens with one attached hydrogen (secondary N) is 1. The molecule has 196 valence electrons. The van der Waals surface area contributed by atoms with Crippen LogP contribution in [0.1, 0.15) is 24.8 Å². The lowest BCUT2D eigenvalue weighted by molar-refractivity contribution is -0.274. The van der Waals surface area contributed by atoms with Crippen molar-refractivity contribution in [2.75, 3.05) is 39.3 Å². The van der Waals surface area contributed by atoms with Gasteiger partial charge in [0.15, 0.2) is 0 Å². The topological polar surface area (TPSA) is 74.4 Å². The second-order valence-electron chi connectivity index (χ2n) is 10.0. The van der Waals surface area contributed by atoms with E-state index in [0.29, 0.717) is 31.3 Å². The van der Waals surface area contributed by atoms with Crippen molar-refractivity contribution in [3.63, 3.8) is 0 Å². The molecule has 36 heavy (non-hydrogen) atoms. The first-order chi connectivity index (χ1) is 17.2. The number of hydrogen-bond donors (Lipinski definition) is 1. The lowest BCUT2D eigenvalue weighted by Gasteiger charge is -2.35. The average molecular weight is 509 g/mol. The first kappa shape index (κ1) is 24.6. The van der Waals surface area contributed by atoms with E-state index in [1.165, 1.54) is 12.1 Å². The van der Waals surface area contributed by atoms with Crippen LogP contribution in [0.4, 0.5) is 22.8 Å². The van der Waals surface area contributed by atoms with Gasteiger partial charge in [0, 0.05) is 32.7 Å². The number of likely N-dealkylation sites (tertiary alicyclic amines) is 3. The Morgan fingerprint density at radius 2 is 1.72 bits per heavy atom. The number of ether oxygens (including phenoxy) is 2. The summed E-state index contributed by atoms with van der Waals surface area (Å²) < 4.78 is 46.1. The van der Waals surface area contributed by atoms with Gasteiger partial charge in [-0.3, -0.25) is 0 Å². The SMILES string of the molecule is O=C1N[C@@H]2CCN(C(=O)N3C[C@H]4CCN(/C=C/Cc5ccc(OC(F)(F)F)cc5)CC[C@H]4C3)C[C@H]2O1. The van der Waals surface area contributed by atoms with Crippen LogP contribution in [-0.4, -0.2) is 84.6 Å². The Kier molecular flexibility index (Phi) is 6.90. The minimum absolute atomic E-state index is 0.00743. The highest BCUT2D eigenvalue weighted by atomic mass is 19.4. The normalized spacial score (nSPS) is 28.4. The first-order valence-corrected chi connectivity index (χ1v) is 12.5. The van der Waals surface area contributed by atoms with Gasteiger partial charge in [-0.2, -0.15) is 0 Å². The molecule has 4 fully saturated rings. The van der Waals surface area contributed by atoms with Crippen LogP contribution in [-0.2, 0) is 11.2 Å². The van der Waals surface area contributed by atoms with E-state index in [1.54, 1.807) is 12.1 Å². The van der Waals surface area contributed by atoms with E-state index in [4.69, 9.17) is 4.74 Å². The summed E-state index contributed by atoms with van der Waals surface area (Å²) in [7, 11) is 0. The molecule has 5 rings (SSSR count). The second-order valence-corrected chi connectivity index (χ2v) is 10.0. The molecule has 0 bridgehead atoms. The monoisotopic (exact) mass is 508 g/mol. The van der Waals surface area contributed by atoms with Crippen molar-refractivity contribution in [3.8, 4) is 5.75 Å². The number of hydrogen-bond acceptors (Lipinski definition) is 5. The molecule has 0 spiro atoms. The van der Waals surface area contributed by atoms with Gasteiger partial charge in [0.1, 0.15) is 11.9 Å². The first-order valence-electron chi connectivity index (χ1n) is 12.5. The van der Waals surface area contributed by atoms with Crippen molar-refractivity contribution >= 4 is 12.1 Å². The zero-order chi connectivity index (χ0) is 25.3. The maximum Gasteiger partial charge on any atom is 0.573 e. The zero-order valence-electron chi connectivity index (χ0n) is 20.0. The Balaban J connectivity index is 1.07. The molecular formula is C25H31F3N4O4. The summed E-state index contributed by atoms with van der Waals surface area (Å²) in [6, 6.07) is 5.99. The van der Waals surface area contributed by atoms with Gasteiger partial charge in [0.2, 0.25) is 0 Å². The van der Waals surface area contributed by atoms with E-state index in [9.17, 15) is 22.8 Å². The summed E-state index contributed by atoms with van der Waals surface area (Å²) in [6.45, 7) is 4.42. The van der Waals surface area contributed by atoms with Gasteiger partial charge in [-0.05, 0) is 61.4 Å². The number of fused-ring (bicyclic) bond motifs is 2. The third kappa shape index (κ3) is 5.82. The quantitative estimate of drug-likeness (QED) is 0.673. The minimum atomic E-state index is -4.68. The number of carbonyl (C=O) groups is 2. The molecule has 0 aliphatic carbocycles. The third-order valence-corrected chi connectivity index (χ3v) is 7.64. The van der Waals surface area contributed by atoms with Crippen molar-refractivity contribution in [2.24, 2.45) is 11.8 Å². The summed E-state index contributed by atoms with van der Waals surface area (Å²) in [5.41, 5.74) is 0.911. The van der Waals surface area contributed by atoms with Gasteiger partial charge in [-0.1, -0.05) is 18.2 Å². The summed E-state index contributed by atoms with van der Waals surface area (Å²) >= 11 is 0. The smallest absolute Gasteiger partial charge is 0.442 e. The van der Waals surface area contributed by atoms with Crippen LogP contribution in [0.2, 0.25) is 0 Å². The molecule has 1 aromatic carbocycles. The van der Waals surface area contributed by atoms with E-state index >= 15 is 0 Å². The average Bonchev–Trinajstić information content (AvgIpc) is 3.36. The van der Waals surface area contributed by atoms with Crippen LogP contribution in [0, 0.1) is 11.8 Å². The standard InChI is InChI=1S/C25H31F3N4O4/c26-25(27,28)36-20-5-3-17(4-6-20)2-1-10-30-11-7-18-14-32(15-19(18)8-12-30)24(34)31-13-9-21-22(16-31)35-23(33)29-21/h1,3-6,10,18-19,21-22H,2,7-9,11-16H2,(H,29,33)/b10-1+/t18-,19+,21-,22-/m1/s1. The Morgan fingerprint density at radius 3 is 2.39 bits per heavy atom. The van der Waals surface area contributed by atoms with Crippen molar-refractivity contribution in [3.05, 3.63) is 42.1 Å². The van der Waals surface area contributed by atoms with Crippen LogP contribution in [0.5, 0.6) is 5.75 Å². The fourth-order valence-electron chi connectivity index (χ4n) is 5.74. The molecule has 8 nitrogen and oxygen atoms in total. The lowest BCUT2D eigenvalue weighted by Crippen LogP contribution is -2.53. The molecular weight excluding hydrogens is 477 g/mol. The van der Waals surface area contributed by atoms with Gasteiger partial charge >= 0.3 is 18.5 Å². The highest BCUT2D eigenvalue weighted by Gasteiger charge is 2.43. The minimum Gasteiger partial charge on any atom is -0.442 e. The van der Waals surface area contributed by atoms with Crippen LogP contribution in [0.3, 0.4) is 0 Å². The molecule has 0 unspecified atom stereocenters. The van der Waals surface area contributed by atoms with Crippen molar-refractivity contribution in [2.45, 2.75) is 44.2 Å². The number of rotatable bonds is 4. The molecule has 1 N–H and O–H groups in total. The Labute approximate surface area is 208 Å². The van der Waals surface area contributed by atoms with Crippen molar-refractivity contribution < 1.29 is 32.2 Å². The molecule has 0 saturated carbocycles. The summed E-state index contributed by atoms with van der Waals surface area (Å²) in [5.74, 6) is 0.722. The number of allylic oxidation sites excluding steroid dienone is 1. The number of halogens is 3. The van der Waals surface area contributed by atoms with Gasteiger partial charge in [-0.25, -0.2) is 9.59 Å². The fourth-order valence-corrected chi connectivity index (χ4v) is 5.74. The third-order valence-electron chi connectivity index (χ3n) is 7.64. The number of nitrogens with zero attached hydrogens (tertiary/aromatic N) is 3. The zero-order valence-corrected chi connectivity index (χ0v) is 20.0. The van der Waals surface area contributed by atoms with Crippen LogP contribution >= 0.6 is 0 Å². The Bertz CT molecular complexity index is 971. The highest BCUT2D eigenvalue weighted by molar-refractivity contribution is 5.76. The van der Waals surface area contributed by atoms with Gasteiger partial charge in [-0.15, -0.1) is 13.2 Å². The second kappa shape index (κ2) is 10.1. The van der Waals surface area contributed by atoms with E-state index in [-0.39, 0.29) is 23.9 Å². The maximum absolute atomic E-state index is 13.1. The Hall–Kier alpha value is -3.11. The summed E-state index contributed by atoms with van der Waals surface area (Å²) in [6.07, 6.45) is 2.14. The number of benzene rings is 1.